The highest BCUT2D eigenvalue weighted by atomic mass is 127. The first-order valence-corrected chi connectivity index (χ1v) is 9.43. The molecule has 0 aliphatic carbocycles. The number of halogens is 1. The fourth-order valence-electron chi connectivity index (χ4n) is 2.58. The maximum atomic E-state index is 12.3. The van der Waals surface area contributed by atoms with Crippen LogP contribution in [-0.2, 0) is 11.3 Å². The van der Waals surface area contributed by atoms with Crippen LogP contribution in [0.1, 0.15) is 40.2 Å². The quantitative estimate of drug-likeness (QED) is 0.328. The summed E-state index contributed by atoms with van der Waals surface area (Å²) in [5.41, 5.74) is 1.07. The number of hydrogen-bond donors (Lipinski definition) is 1. The number of ether oxygens (including phenoxy) is 1. The average molecular weight is 490 g/mol. The average Bonchev–Trinajstić information content (AvgIpc) is 2.59. The number of likely N-dealkylation sites (N-methyl/N-ethyl adjacent to an activating group) is 2. The predicted molar refractivity (Wildman–Crippen MR) is 123 cm³/mol. The van der Waals surface area contributed by atoms with E-state index < -0.39 is 0 Å². The molecule has 0 aromatic heterocycles. The molecule has 1 amide bonds. The second-order valence-electron chi connectivity index (χ2n) is 6.41. The Kier molecular flexibility index (Phi) is 12.9. The Morgan fingerprint density at radius 2 is 1.89 bits per heavy atom. The third-order valence-corrected chi connectivity index (χ3v) is 3.87. The Labute approximate surface area is 181 Å². The van der Waals surface area contributed by atoms with Gasteiger partial charge in [0, 0.05) is 26.7 Å². The smallest absolute Gasteiger partial charge is 0.242 e. The van der Waals surface area contributed by atoms with Gasteiger partial charge in [0.1, 0.15) is 5.75 Å². The number of nitrogens with zero attached hydrogens (tertiary/aromatic N) is 3. The maximum Gasteiger partial charge on any atom is 0.242 e. The van der Waals surface area contributed by atoms with Crippen LogP contribution in [0.25, 0.3) is 0 Å². The number of hydrogen-bond acceptors (Lipinski definition) is 3. The molecule has 1 aromatic carbocycles. The molecule has 0 atom stereocenters. The number of aliphatic imine (C=N–C) groups is 1. The molecule has 0 saturated carbocycles. The molecule has 0 bridgehead atoms. The van der Waals surface area contributed by atoms with E-state index in [0.29, 0.717) is 13.1 Å². The molecule has 0 heterocycles. The van der Waals surface area contributed by atoms with E-state index in [0.717, 1.165) is 36.9 Å². The Bertz CT molecular complexity index is 589. The van der Waals surface area contributed by atoms with Gasteiger partial charge in [-0.15, -0.1) is 24.0 Å². The summed E-state index contributed by atoms with van der Waals surface area (Å²) in [6.45, 7) is 13.1. The molecule has 0 aliphatic heterocycles. The van der Waals surface area contributed by atoms with Crippen molar-refractivity contribution in [1.82, 2.24) is 15.1 Å². The summed E-state index contributed by atoms with van der Waals surface area (Å²) in [6, 6.07) is 7.96. The Balaban J connectivity index is 0.00000676. The van der Waals surface area contributed by atoms with E-state index in [1.807, 2.05) is 75.7 Å². The van der Waals surface area contributed by atoms with E-state index in [9.17, 15) is 4.79 Å². The minimum Gasteiger partial charge on any atom is -0.491 e. The zero-order valence-electron chi connectivity index (χ0n) is 17.5. The van der Waals surface area contributed by atoms with Crippen LogP contribution >= 0.6 is 24.0 Å². The fraction of sp³-hybridized carbons (Fsp3) is 0.600. The summed E-state index contributed by atoms with van der Waals surface area (Å²) in [4.78, 5) is 20.7. The Hall–Kier alpha value is -1.51. The first kappa shape index (κ1) is 25.5. The minimum atomic E-state index is 0. The standard InChI is InChI=1S/C20H34N4O2.HI/c1-7-21-20(23(6)15-19(25)24(8-2)9-3)22-14-17-11-10-12-18(13-17)26-16(4)5;/h10-13,16H,7-9,14-15H2,1-6H3,(H,21,22);1H. The number of nitrogens with one attached hydrogen (secondary N) is 1. The van der Waals surface area contributed by atoms with Crippen molar-refractivity contribution >= 4 is 35.8 Å². The summed E-state index contributed by atoms with van der Waals surface area (Å²) >= 11 is 0. The summed E-state index contributed by atoms with van der Waals surface area (Å²) in [7, 11) is 1.89. The van der Waals surface area contributed by atoms with Gasteiger partial charge < -0.3 is 19.9 Å². The van der Waals surface area contributed by atoms with Crippen molar-refractivity contribution in [1.29, 1.82) is 0 Å². The lowest BCUT2D eigenvalue weighted by Crippen LogP contribution is -2.45. The zero-order valence-corrected chi connectivity index (χ0v) is 19.8. The molecule has 7 heteroatoms. The largest absolute Gasteiger partial charge is 0.491 e. The first-order valence-electron chi connectivity index (χ1n) is 9.43. The normalized spacial score (nSPS) is 11.0. The van der Waals surface area contributed by atoms with Crippen LogP contribution in [0.2, 0.25) is 0 Å². The molecule has 6 nitrogen and oxygen atoms in total. The molecular weight excluding hydrogens is 455 g/mol. The molecule has 1 rings (SSSR count). The predicted octanol–water partition coefficient (Wildman–Crippen LogP) is 3.36. The highest BCUT2D eigenvalue weighted by Gasteiger charge is 2.15. The highest BCUT2D eigenvalue weighted by molar-refractivity contribution is 14.0. The van der Waals surface area contributed by atoms with Crippen LogP contribution in [0.15, 0.2) is 29.3 Å². The van der Waals surface area contributed by atoms with Gasteiger partial charge in [0.05, 0.1) is 19.2 Å². The molecule has 154 valence electrons. The molecular formula is C20H35IN4O2. The van der Waals surface area contributed by atoms with E-state index >= 15 is 0 Å². The molecule has 0 aliphatic rings. The van der Waals surface area contributed by atoms with Crippen molar-refractivity contribution in [2.75, 3.05) is 33.2 Å². The lowest BCUT2D eigenvalue weighted by atomic mass is 10.2. The molecule has 0 saturated heterocycles. The highest BCUT2D eigenvalue weighted by Crippen LogP contribution is 2.15. The number of amides is 1. The van der Waals surface area contributed by atoms with Crippen molar-refractivity contribution in [2.45, 2.75) is 47.3 Å². The zero-order chi connectivity index (χ0) is 19.5. The minimum absolute atomic E-state index is 0. The monoisotopic (exact) mass is 490 g/mol. The van der Waals surface area contributed by atoms with Gasteiger partial charge in [-0.1, -0.05) is 12.1 Å². The van der Waals surface area contributed by atoms with Crippen LogP contribution in [0.3, 0.4) is 0 Å². The van der Waals surface area contributed by atoms with Crippen LogP contribution in [0, 0.1) is 0 Å². The van der Waals surface area contributed by atoms with Gasteiger partial charge in [0.15, 0.2) is 5.96 Å². The lowest BCUT2D eigenvalue weighted by molar-refractivity contribution is -0.131. The van der Waals surface area contributed by atoms with E-state index in [1.165, 1.54) is 0 Å². The lowest BCUT2D eigenvalue weighted by Gasteiger charge is -2.25. The number of carbonyl (C=O) groups is 1. The van der Waals surface area contributed by atoms with Gasteiger partial charge in [0.2, 0.25) is 5.91 Å². The van der Waals surface area contributed by atoms with Crippen LogP contribution in [-0.4, -0.2) is 61.0 Å². The van der Waals surface area contributed by atoms with Crippen LogP contribution < -0.4 is 10.1 Å². The topological polar surface area (TPSA) is 57.2 Å². The van der Waals surface area contributed by atoms with Crippen molar-refractivity contribution in [2.24, 2.45) is 4.99 Å². The summed E-state index contributed by atoms with van der Waals surface area (Å²) in [5.74, 6) is 1.68. The number of benzene rings is 1. The number of rotatable bonds is 9. The van der Waals surface area contributed by atoms with Gasteiger partial charge >= 0.3 is 0 Å². The summed E-state index contributed by atoms with van der Waals surface area (Å²) in [5, 5.41) is 3.25. The molecule has 0 spiro atoms. The van der Waals surface area contributed by atoms with Crippen molar-refractivity contribution in [3.05, 3.63) is 29.8 Å². The van der Waals surface area contributed by atoms with E-state index in [1.54, 1.807) is 0 Å². The summed E-state index contributed by atoms with van der Waals surface area (Å²) in [6.07, 6.45) is 0.142. The van der Waals surface area contributed by atoms with Crippen molar-refractivity contribution in [3.8, 4) is 5.75 Å². The Morgan fingerprint density at radius 1 is 1.22 bits per heavy atom. The molecule has 1 aromatic rings. The van der Waals surface area contributed by atoms with E-state index in [4.69, 9.17) is 4.74 Å². The Morgan fingerprint density at radius 3 is 2.44 bits per heavy atom. The fourth-order valence-corrected chi connectivity index (χ4v) is 2.58. The van der Waals surface area contributed by atoms with Crippen LogP contribution in [0.5, 0.6) is 5.75 Å². The molecule has 0 fully saturated rings. The SMILES string of the molecule is CCNC(=NCc1cccc(OC(C)C)c1)N(C)CC(=O)N(CC)CC.I. The van der Waals surface area contributed by atoms with Crippen molar-refractivity contribution in [3.63, 3.8) is 0 Å². The van der Waals surface area contributed by atoms with Gasteiger partial charge in [-0.2, -0.15) is 0 Å². The van der Waals surface area contributed by atoms with Gasteiger partial charge in [-0.25, -0.2) is 4.99 Å². The molecule has 27 heavy (non-hydrogen) atoms. The summed E-state index contributed by atoms with van der Waals surface area (Å²) < 4.78 is 5.74. The van der Waals surface area contributed by atoms with E-state index in [2.05, 4.69) is 10.3 Å². The van der Waals surface area contributed by atoms with Crippen molar-refractivity contribution < 1.29 is 9.53 Å². The van der Waals surface area contributed by atoms with Crippen LogP contribution in [0.4, 0.5) is 0 Å². The molecule has 0 radical (unpaired) electrons. The molecule has 0 unspecified atom stereocenters. The first-order chi connectivity index (χ1) is 12.4. The van der Waals surface area contributed by atoms with Gasteiger partial charge in [-0.05, 0) is 52.3 Å². The number of carbonyl (C=O) groups excluding carboxylic acids is 1. The maximum absolute atomic E-state index is 12.3. The second kappa shape index (κ2) is 13.6. The third-order valence-electron chi connectivity index (χ3n) is 3.87. The second-order valence-corrected chi connectivity index (χ2v) is 6.41. The molecule has 1 N–H and O–H groups in total. The van der Waals surface area contributed by atoms with Gasteiger partial charge in [-0.3, -0.25) is 4.79 Å². The third kappa shape index (κ3) is 9.30. The van der Waals surface area contributed by atoms with E-state index in [-0.39, 0.29) is 36.0 Å². The van der Waals surface area contributed by atoms with Gasteiger partial charge in [0.25, 0.3) is 0 Å². The number of guanidine groups is 1.